The Balaban J connectivity index is 1.47. The highest BCUT2D eigenvalue weighted by Gasteiger charge is 2.18. The molecule has 0 spiro atoms. The van der Waals surface area contributed by atoms with E-state index >= 15 is 0 Å². The summed E-state index contributed by atoms with van der Waals surface area (Å²) in [6.07, 6.45) is 3.13. The molecule has 2 heterocycles. The molecule has 0 aliphatic carbocycles. The molecule has 1 aliphatic rings. The van der Waals surface area contributed by atoms with Gasteiger partial charge in [-0.2, -0.15) is 5.10 Å². The first-order valence-corrected chi connectivity index (χ1v) is 10.8. The normalized spacial score (nSPS) is 13.6. The van der Waals surface area contributed by atoms with Crippen molar-refractivity contribution in [3.05, 3.63) is 71.9 Å². The molecule has 2 aromatic carbocycles. The molecule has 0 unspecified atom stereocenters. The number of hydrogen-bond donors (Lipinski definition) is 1. The van der Waals surface area contributed by atoms with E-state index in [4.69, 9.17) is 9.47 Å². The lowest BCUT2D eigenvalue weighted by Crippen LogP contribution is -2.45. The molecule has 3 aromatic rings. The Morgan fingerprint density at radius 3 is 2.47 bits per heavy atom. The lowest BCUT2D eigenvalue weighted by molar-refractivity contribution is 0.192. The quantitative estimate of drug-likeness (QED) is 0.533. The van der Waals surface area contributed by atoms with Crippen LogP contribution in [-0.2, 0) is 13.0 Å². The molecule has 1 aromatic heterocycles. The standard InChI is InChI=1S/C25H29N3O2/c1-2-3-9-24-23(14-25(28-27-24)30-18-20-15-26-16-20)21-10-12-22(13-11-21)29-17-19-7-5-4-6-8-19/h4-8,10-14,20,26H,2-3,9,15-18H2,1H3. The maximum Gasteiger partial charge on any atom is 0.234 e. The van der Waals surface area contributed by atoms with Gasteiger partial charge in [-0.1, -0.05) is 55.8 Å². The van der Waals surface area contributed by atoms with E-state index in [1.165, 1.54) is 0 Å². The summed E-state index contributed by atoms with van der Waals surface area (Å²) >= 11 is 0. The van der Waals surface area contributed by atoms with Crippen LogP contribution in [0.25, 0.3) is 11.1 Å². The minimum Gasteiger partial charge on any atom is -0.489 e. The van der Waals surface area contributed by atoms with Gasteiger partial charge in [0.1, 0.15) is 12.4 Å². The fourth-order valence-corrected chi connectivity index (χ4v) is 3.39. The molecular formula is C25H29N3O2. The molecule has 0 saturated carbocycles. The van der Waals surface area contributed by atoms with E-state index in [1.807, 2.05) is 36.4 Å². The number of benzene rings is 2. The average Bonchev–Trinajstić information content (AvgIpc) is 2.77. The largest absolute Gasteiger partial charge is 0.489 e. The molecular weight excluding hydrogens is 374 g/mol. The molecule has 1 aliphatic heterocycles. The SMILES string of the molecule is CCCCc1nnc(OCC2CNC2)cc1-c1ccc(OCc2ccccc2)cc1. The van der Waals surface area contributed by atoms with Gasteiger partial charge in [0.15, 0.2) is 0 Å². The first-order valence-electron chi connectivity index (χ1n) is 10.8. The van der Waals surface area contributed by atoms with Crippen molar-refractivity contribution in [3.8, 4) is 22.8 Å². The van der Waals surface area contributed by atoms with Gasteiger partial charge in [-0.3, -0.25) is 0 Å². The van der Waals surface area contributed by atoms with Crippen LogP contribution in [0.5, 0.6) is 11.6 Å². The van der Waals surface area contributed by atoms with Gasteiger partial charge in [-0.25, -0.2) is 0 Å². The number of aryl methyl sites for hydroxylation is 1. The maximum absolute atomic E-state index is 5.93. The van der Waals surface area contributed by atoms with Gasteiger partial charge in [0, 0.05) is 30.6 Å². The number of hydrogen-bond acceptors (Lipinski definition) is 5. The van der Waals surface area contributed by atoms with E-state index in [0.717, 1.165) is 60.5 Å². The molecule has 1 fully saturated rings. The van der Waals surface area contributed by atoms with Gasteiger partial charge in [-0.05, 0) is 36.1 Å². The van der Waals surface area contributed by atoms with Gasteiger partial charge < -0.3 is 14.8 Å². The third-order valence-electron chi connectivity index (χ3n) is 5.36. The second kappa shape index (κ2) is 10.2. The van der Waals surface area contributed by atoms with Crippen LogP contribution >= 0.6 is 0 Å². The number of aromatic nitrogens is 2. The lowest BCUT2D eigenvalue weighted by Gasteiger charge is -2.26. The highest BCUT2D eigenvalue weighted by Crippen LogP contribution is 2.28. The molecule has 1 N–H and O–H groups in total. The monoisotopic (exact) mass is 403 g/mol. The minimum absolute atomic E-state index is 0.562. The Morgan fingerprint density at radius 1 is 0.967 bits per heavy atom. The van der Waals surface area contributed by atoms with E-state index in [2.05, 4.69) is 46.7 Å². The molecule has 0 bridgehead atoms. The van der Waals surface area contributed by atoms with Gasteiger partial charge in [0.2, 0.25) is 5.88 Å². The number of nitrogens with zero attached hydrogens (tertiary/aromatic N) is 2. The van der Waals surface area contributed by atoms with Crippen molar-refractivity contribution in [2.45, 2.75) is 32.8 Å². The van der Waals surface area contributed by atoms with Crippen LogP contribution in [0.1, 0.15) is 31.0 Å². The summed E-state index contributed by atoms with van der Waals surface area (Å²) in [5.41, 5.74) is 4.38. The fourth-order valence-electron chi connectivity index (χ4n) is 3.39. The van der Waals surface area contributed by atoms with Crippen LogP contribution in [0.3, 0.4) is 0 Å². The Kier molecular flexibility index (Phi) is 6.93. The van der Waals surface area contributed by atoms with Crippen molar-refractivity contribution in [3.63, 3.8) is 0 Å². The summed E-state index contributed by atoms with van der Waals surface area (Å²) in [5.74, 6) is 2.02. The van der Waals surface area contributed by atoms with Crippen LogP contribution in [0.4, 0.5) is 0 Å². The molecule has 1 saturated heterocycles. The van der Waals surface area contributed by atoms with Gasteiger partial charge in [0.05, 0.1) is 12.3 Å². The Morgan fingerprint density at radius 2 is 1.77 bits per heavy atom. The minimum atomic E-state index is 0.562. The third kappa shape index (κ3) is 5.36. The van der Waals surface area contributed by atoms with Crippen LogP contribution < -0.4 is 14.8 Å². The van der Waals surface area contributed by atoms with E-state index < -0.39 is 0 Å². The summed E-state index contributed by atoms with van der Waals surface area (Å²) in [6, 6.07) is 20.4. The lowest BCUT2D eigenvalue weighted by atomic mass is 10.0. The smallest absolute Gasteiger partial charge is 0.234 e. The summed E-state index contributed by atoms with van der Waals surface area (Å²) in [5, 5.41) is 12.1. The maximum atomic E-state index is 5.93. The molecule has 30 heavy (non-hydrogen) atoms. The molecule has 5 heteroatoms. The van der Waals surface area contributed by atoms with Crippen molar-refractivity contribution >= 4 is 0 Å². The third-order valence-corrected chi connectivity index (χ3v) is 5.36. The number of unbranched alkanes of at least 4 members (excludes halogenated alkanes) is 1. The first kappa shape index (κ1) is 20.4. The Bertz CT molecular complexity index is 925. The zero-order valence-electron chi connectivity index (χ0n) is 17.5. The van der Waals surface area contributed by atoms with Crippen LogP contribution in [-0.4, -0.2) is 29.9 Å². The van der Waals surface area contributed by atoms with Crippen molar-refractivity contribution < 1.29 is 9.47 Å². The van der Waals surface area contributed by atoms with Crippen molar-refractivity contribution in [1.82, 2.24) is 15.5 Å². The van der Waals surface area contributed by atoms with E-state index in [0.29, 0.717) is 25.0 Å². The highest BCUT2D eigenvalue weighted by atomic mass is 16.5. The fraction of sp³-hybridized carbons (Fsp3) is 0.360. The van der Waals surface area contributed by atoms with E-state index in [9.17, 15) is 0 Å². The molecule has 156 valence electrons. The second-order valence-corrected chi connectivity index (χ2v) is 7.78. The van der Waals surface area contributed by atoms with Crippen molar-refractivity contribution in [1.29, 1.82) is 0 Å². The van der Waals surface area contributed by atoms with Crippen LogP contribution in [0.2, 0.25) is 0 Å². The molecule has 4 rings (SSSR count). The van der Waals surface area contributed by atoms with Gasteiger partial charge in [-0.15, -0.1) is 5.10 Å². The van der Waals surface area contributed by atoms with Gasteiger partial charge >= 0.3 is 0 Å². The zero-order chi connectivity index (χ0) is 20.6. The van der Waals surface area contributed by atoms with E-state index in [1.54, 1.807) is 0 Å². The molecule has 0 atom stereocenters. The van der Waals surface area contributed by atoms with Crippen molar-refractivity contribution in [2.24, 2.45) is 5.92 Å². The topological polar surface area (TPSA) is 56.3 Å². The number of nitrogens with one attached hydrogen (secondary N) is 1. The predicted molar refractivity (Wildman–Crippen MR) is 119 cm³/mol. The zero-order valence-corrected chi connectivity index (χ0v) is 17.5. The molecule has 5 nitrogen and oxygen atoms in total. The van der Waals surface area contributed by atoms with E-state index in [-0.39, 0.29) is 0 Å². The van der Waals surface area contributed by atoms with Crippen LogP contribution in [0, 0.1) is 5.92 Å². The summed E-state index contributed by atoms with van der Waals surface area (Å²) < 4.78 is 11.8. The summed E-state index contributed by atoms with van der Waals surface area (Å²) in [4.78, 5) is 0. The van der Waals surface area contributed by atoms with Crippen LogP contribution in [0.15, 0.2) is 60.7 Å². The highest BCUT2D eigenvalue weighted by molar-refractivity contribution is 5.67. The summed E-state index contributed by atoms with van der Waals surface area (Å²) in [6.45, 7) is 5.46. The molecule has 0 radical (unpaired) electrons. The Labute approximate surface area is 178 Å². The summed E-state index contributed by atoms with van der Waals surface area (Å²) in [7, 11) is 0. The predicted octanol–water partition coefficient (Wildman–Crippen LogP) is 4.66. The van der Waals surface area contributed by atoms with Gasteiger partial charge in [0.25, 0.3) is 0 Å². The Hall–Kier alpha value is -2.92. The average molecular weight is 404 g/mol. The second-order valence-electron chi connectivity index (χ2n) is 7.78. The van der Waals surface area contributed by atoms with Crippen molar-refractivity contribution in [2.75, 3.05) is 19.7 Å². The number of ether oxygens (including phenoxy) is 2. The number of rotatable bonds is 10. The first-order chi connectivity index (χ1) is 14.8. The molecule has 0 amide bonds.